The van der Waals surface area contributed by atoms with Crippen LogP contribution in [0.3, 0.4) is 0 Å². The molecule has 2 aromatic carbocycles. The fourth-order valence-corrected chi connectivity index (χ4v) is 3.62. The zero-order chi connectivity index (χ0) is 22.9. The van der Waals surface area contributed by atoms with Gasteiger partial charge in [-0.3, -0.25) is 9.59 Å². The molecule has 0 unspecified atom stereocenters. The zero-order valence-electron chi connectivity index (χ0n) is 17.1. The molecule has 0 radical (unpaired) electrons. The Hall–Kier alpha value is -4.85. The lowest BCUT2D eigenvalue weighted by Gasteiger charge is -2.10. The predicted octanol–water partition coefficient (Wildman–Crippen LogP) is 4.07. The van der Waals surface area contributed by atoms with Gasteiger partial charge in [-0.05, 0) is 30.3 Å². The molecular weight excluding hydrogens is 420 g/mol. The number of phenols is 2. The van der Waals surface area contributed by atoms with Crippen LogP contribution in [0, 0.1) is 0 Å². The Morgan fingerprint density at radius 2 is 1.76 bits per heavy atom. The molecule has 0 atom stereocenters. The van der Waals surface area contributed by atoms with E-state index in [1.807, 2.05) is 30.3 Å². The average Bonchev–Trinajstić information content (AvgIpc) is 3.27. The van der Waals surface area contributed by atoms with Crippen LogP contribution in [0.5, 0.6) is 11.5 Å². The molecule has 33 heavy (non-hydrogen) atoms. The van der Waals surface area contributed by atoms with E-state index in [1.165, 1.54) is 18.3 Å². The molecule has 3 heterocycles. The van der Waals surface area contributed by atoms with Crippen molar-refractivity contribution >= 4 is 23.2 Å². The smallest absolute Gasteiger partial charge is 0.280 e. The molecule has 0 saturated carbocycles. The minimum Gasteiger partial charge on any atom is -0.508 e. The molecule has 160 valence electrons. The SMILES string of the molecule is O=Cc1cn(C(=O)c2cc3cccnc3nc2-c2ccccc2)nc1-c1ccc(O)cc1O. The monoisotopic (exact) mass is 436 g/mol. The number of benzene rings is 2. The predicted molar refractivity (Wildman–Crippen MR) is 121 cm³/mol. The van der Waals surface area contributed by atoms with Crippen molar-refractivity contribution < 1.29 is 19.8 Å². The summed E-state index contributed by atoms with van der Waals surface area (Å²) in [6.07, 6.45) is 3.49. The van der Waals surface area contributed by atoms with Gasteiger partial charge in [-0.25, -0.2) is 14.6 Å². The highest BCUT2D eigenvalue weighted by atomic mass is 16.3. The molecule has 5 aromatic rings. The third-order valence-electron chi connectivity index (χ3n) is 5.18. The summed E-state index contributed by atoms with van der Waals surface area (Å²) in [5.41, 5.74) is 2.38. The fourth-order valence-electron chi connectivity index (χ4n) is 3.62. The largest absolute Gasteiger partial charge is 0.508 e. The minimum atomic E-state index is -0.500. The number of carbonyl (C=O) groups is 2. The minimum absolute atomic E-state index is 0.112. The van der Waals surface area contributed by atoms with Crippen LogP contribution >= 0.6 is 0 Å². The summed E-state index contributed by atoms with van der Waals surface area (Å²) in [5, 5.41) is 24.7. The van der Waals surface area contributed by atoms with Gasteiger partial charge in [0.1, 0.15) is 17.2 Å². The van der Waals surface area contributed by atoms with E-state index in [1.54, 1.807) is 24.4 Å². The van der Waals surface area contributed by atoms with Gasteiger partial charge >= 0.3 is 0 Å². The van der Waals surface area contributed by atoms with E-state index in [0.717, 1.165) is 16.3 Å². The standard InChI is InChI=1S/C25H16N4O4/c30-14-17-13-29(28-23(17)19-9-8-18(31)12-21(19)32)25(33)20-11-16-7-4-10-26-24(16)27-22(20)15-5-2-1-3-6-15/h1-14,31-32H. The number of nitrogens with zero attached hydrogens (tertiary/aromatic N) is 4. The second kappa shape index (κ2) is 8.01. The van der Waals surface area contributed by atoms with Crippen molar-refractivity contribution in [2.45, 2.75) is 0 Å². The van der Waals surface area contributed by atoms with Gasteiger partial charge in [0.2, 0.25) is 0 Å². The van der Waals surface area contributed by atoms with E-state index in [0.29, 0.717) is 23.0 Å². The van der Waals surface area contributed by atoms with Crippen molar-refractivity contribution in [3.05, 3.63) is 90.3 Å². The van der Waals surface area contributed by atoms with Crippen LogP contribution in [0.15, 0.2) is 79.1 Å². The van der Waals surface area contributed by atoms with Crippen molar-refractivity contribution in [3.8, 4) is 34.0 Å². The summed E-state index contributed by atoms with van der Waals surface area (Å²) in [6, 6.07) is 18.4. The maximum atomic E-state index is 13.6. The number of aldehydes is 1. The van der Waals surface area contributed by atoms with E-state index in [9.17, 15) is 19.8 Å². The number of hydrogen-bond donors (Lipinski definition) is 2. The van der Waals surface area contributed by atoms with Crippen LogP contribution in [0.25, 0.3) is 33.5 Å². The molecule has 0 fully saturated rings. The summed E-state index contributed by atoms with van der Waals surface area (Å²) in [5.74, 6) is -0.901. The van der Waals surface area contributed by atoms with E-state index in [4.69, 9.17) is 0 Å². The van der Waals surface area contributed by atoms with Crippen LogP contribution in [0.2, 0.25) is 0 Å². The average molecular weight is 436 g/mol. The summed E-state index contributed by atoms with van der Waals surface area (Å²) < 4.78 is 1.05. The van der Waals surface area contributed by atoms with E-state index in [2.05, 4.69) is 15.1 Å². The lowest BCUT2D eigenvalue weighted by molar-refractivity contribution is 0.0946. The van der Waals surface area contributed by atoms with E-state index < -0.39 is 5.91 Å². The number of aromatic nitrogens is 4. The number of rotatable bonds is 4. The molecule has 2 N–H and O–H groups in total. The van der Waals surface area contributed by atoms with Gasteiger partial charge < -0.3 is 10.2 Å². The lowest BCUT2D eigenvalue weighted by atomic mass is 10.0. The number of fused-ring (bicyclic) bond motifs is 1. The Bertz CT molecular complexity index is 1530. The second-order valence-electron chi connectivity index (χ2n) is 7.30. The first-order chi connectivity index (χ1) is 16.0. The van der Waals surface area contributed by atoms with Gasteiger partial charge in [0, 0.05) is 35.0 Å². The molecule has 5 rings (SSSR count). The van der Waals surface area contributed by atoms with Crippen molar-refractivity contribution in [2.24, 2.45) is 0 Å². The summed E-state index contributed by atoms with van der Waals surface area (Å²) in [7, 11) is 0. The van der Waals surface area contributed by atoms with E-state index in [-0.39, 0.29) is 33.9 Å². The topological polar surface area (TPSA) is 118 Å². The lowest BCUT2D eigenvalue weighted by Crippen LogP contribution is -2.15. The number of pyridine rings is 2. The Morgan fingerprint density at radius 3 is 2.52 bits per heavy atom. The van der Waals surface area contributed by atoms with Gasteiger partial charge in [0.05, 0.1) is 16.8 Å². The molecule has 0 bridgehead atoms. The molecule has 8 heteroatoms. The highest BCUT2D eigenvalue weighted by Gasteiger charge is 2.22. The van der Waals surface area contributed by atoms with Crippen molar-refractivity contribution in [3.63, 3.8) is 0 Å². The van der Waals surface area contributed by atoms with Crippen LogP contribution < -0.4 is 0 Å². The Labute approximate surface area is 187 Å². The highest BCUT2D eigenvalue weighted by molar-refractivity contribution is 6.04. The molecule has 3 aromatic heterocycles. The summed E-state index contributed by atoms with van der Waals surface area (Å²) in [4.78, 5) is 34.2. The Morgan fingerprint density at radius 1 is 0.939 bits per heavy atom. The third-order valence-corrected chi connectivity index (χ3v) is 5.18. The zero-order valence-corrected chi connectivity index (χ0v) is 17.1. The first-order valence-electron chi connectivity index (χ1n) is 9.98. The van der Waals surface area contributed by atoms with Gasteiger partial charge in [0.25, 0.3) is 5.91 Å². The summed E-state index contributed by atoms with van der Waals surface area (Å²) >= 11 is 0. The third kappa shape index (κ3) is 3.59. The van der Waals surface area contributed by atoms with Crippen molar-refractivity contribution in [1.29, 1.82) is 0 Å². The van der Waals surface area contributed by atoms with E-state index >= 15 is 0 Å². The molecule has 0 amide bonds. The van der Waals surface area contributed by atoms with Gasteiger partial charge in [-0.2, -0.15) is 5.10 Å². The maximum Gasteiger partial charge on any atom is 0.280 e. The second-order valence-corrected chi connectivity index (χ2v) is 7.30. The Balaban J connectivity index is 1.68. The molecule has 0 saturated heterocycles. The van der Waals surface area contributed by atoms with Crippen molar-refractivity contribution in [2.75, 3.05) is 0 Å². The number of carbonyl (C=O) groups excluding carboxylic acids is 2. The van der Waals surface area contributed by atoms with Crippen LogP contribution in [0.1, 0.15) is 20.7 Å². The van der Waals surface area contributed by atoms with Gasteiger partial charge in [-0.15, -0.1) is 0 Å². The van der Waals surface area contributed by atoms with Crippen LogP contribution in [-0.4, -0.2) is 42.2 Å². The Kier molecular flexibility index (Phi) is 4.87. The van der Waals surface area contributed by atoms with Crippen LogP contribution in [-0.2, 0) is 0 Å². The molecule has 0 aliphatic carbocycles. The molecule has 8 nitrogen and oxygen atoms in total. The van der Waals surface area contributed by atoms with Gasteiger partial charge in [0.15, 0.2) is 11.9 Å². The normalized spacial score (nSPS) is 10.9. The first kappa shape index (κ1) is 20.1. The quantitative estimate of drug-likeness (QED) is 0.408. The van der Waals surface area contributed by atoms with Crippen LogP contribution in [0.4, 0.5) is 0 Å². The fraction of sp³-hybridized carbons (Fsp3) is 0. The summed E-state index contributed by atoms with van der Waals surface area (Å²) in [6.45, 7) is 0. The first-order valence-corrected chi connectivity index (χ1v) is 9.98. The number of phenolic OH excluding ortho intramolecular Hbond substituents is 2. The maximum absolute atomic E-state index is 13.6. The van der Waals surface area contributed by atoms with Crippen molar-refractivity contribution in [1.82, 2.24) is 19.7 Å². The number of aromatic hydroxyl groups is 2. The molecule has 0 aliphatic heterocycles. The molecule has 0 spiro atoms. The molecule has 0 aliphatic rings. The highest BCUT2D eigenvalue weighted by Crippen LogP contribution is 2.33. The molecular formula is C25H16N4O4. The van der Waals surface area contributed by atoms with Gasteiger partial charge in [-0.1, -0.05) is 30.3 Å². The number of hydrogen-bond acceptors (Lipinski definition) is 7.